The van der Waals surface area contributed by atoms with E-state index >= 15 is 0 Å². The average Bonchev–Trinajstić information content (AvgIpc) is 3.17. The molecule has 1 unspecified atom stereocenters. The Hall–Kier alpha value is -1.17. The Labute approximate surface area is 130 Å². The average molecular weight is 304 g/mol. The zero-order valence-electron chi connectivity index (χ0n) is 12.6. The molecule has 0 bridgehead atoms. The van der Waals surface area contributed by atoms with E-state index in [1.54, 1.807) is 11.3 Å². The Bertz CT molecular complexity index is 528. The highest BCUT2D eigenvalue weighted by atomic mass is 32.1. The normalized spacial score (nSPS) is 18.0. The van der Waals surface area contributed by atoms with Crippen molar-refractivity contribution in [3.8, 4) is 10.6 Å². The number of rotatable bonds is 6. The largest absolute Gasteiger partial charge is 0.309 e. The summed E-state index contributed by atoms with van der Waals surface area (Å²) < 4.78 is 0. The molecule has 21 heavy (non-hydrogen) atoms. The summed E-state index contributed by atoms with van der Waals surface area (Å²) in [6, 6.07) is 4.73. The van der Waals surface area contributed by atoms with Crippen molar-refractivity contribution in [2.24, 2.45) is 0 Å². The maximum Gasteiger partial charge on any atom is 0.0794 e. The predicted octanol–water partition coefficient (Wildman–Crippen LogP) is 3.10. The van der Waals surface area contributed by atoms with Crippen LogP contribution in [0.3, 0.4) is 0 Å². The van der Waals surface area contributed by atoms with Crippen molar-refractivity contribution in [1.82, 2.24) is 20.4 Å². The van der Waals surface area contributed by atoms with E-state index in [1.807, 2.05) is 6.20 Å². The number of aromatic nitrogens is 2. The summed E-state index contributed by atoms with van der Waals surface area (Å²) in [5.41, 5.74) is 2.41. The van der Waals surface area contributed by atoms with Crippen LogP contribution in [0, 0.1) is 0 Å². The van der Waals surface area contributed by atoms with Gasteiger partial charge in [0.05, 0.1) is 16.8 Å². The maximum atomic E-state index is 4.20. The van der Waals surface area contributed by atoms with Crippen molar-refractivity contribution < 1.29 is 0 Å². The third kappa shape index (κ3) is 3.93. The van der Waals surface area contributed by atoms with E-state index in [-0.39, 0.29) is 0 Å². The Morgan fingerprint density at radius 2 is 2.24 bits per heavy atom. The predicted molar refractivity (Wildman–Crippen MR) is 88.5 cm³/mol. The van der Waals surface area contributed by atoms with E-state index in [9.17, 15) is 0 Å². The first-order chi connectivity index (χ1) is 10.3. The lowest BCUT2D eigenvalue weighted by atomic mass is 10.1. The van der Waals surface area contributed by atoms with Crippen LogP contribution in [0.25, 0.3) is 10.6 Å². The van der Waals surface area contributed by atoms with Gasteiger partial charge in [-0.05, 0) is 44.3 Å². The highest BCUT2D eigenvalue weighted by Crippen LogP contribution is 2.25. The van der Waals surface area contributed by atoms with E-state index in [2.05, 4.69) is 44.9 Å². The highest BCUT2D eigenvalue weighted by Gasteiger charge is 2.14. The molecule has 1 atom stereocenters. The molecule has 2 aromatic rings. The van der Waals surface area contributed by atoms with Crippen molar-refractivity contribution in [2.75, 3.05) is 19.6 Å². The number of likely N-dealkylation sites (tertiary alicyclic amines) is 1. The standard InChI is InChI=1S/C16H24N4S/c1-13(12-20-7-3-2-4-8-20)17-10-14-11-18-19-16(14)15-6-5-9-21-15/h5-6,9,11,13,17H,2-4,7-8,10,12H2,1H3,(H,18,19). The second kappa shape index (κ2) is 7.20. The molecule has 5 heteroatoms. The van der Waals surface area contributed by atoms with Gasteiger partial charge in [-0.2, -0.15) is 5.10 Å². The van der Waals surface area contributed by atoms with Crippen molar-refractivity contribution in [3.63, 3.8) is 0 Å². The van der Waals surface area contributed by atoms with Crippen LogP contribution in [0.2, 0.25) is 0 Å². The molecule has 1 saturated heterocycles. The molecular weight excluding hydrogens is 280 g/mol. The number of hydrogen-bond acceptors (Lipinski definition) is 4. The SMILES string of the molecule is CC(CN1CCCCC1)NCc1cn[nH]c1-c1cccs1. The minimum atomic E-state index is 0.509. The fourth-order valence-electron chi connectivity index (χ4n) is 2.96. The van der Waals surface area contributed by atoms with Crippen LogP contribution in [0.1, 0.15) is 31.7 Å². The number of hydrogen-bond donors (Lipinski definition) is 2. The maximum absolute atomic E-state index is 4.20. The van der Waals surface area contributed by atoms with Gasteiger partial charge in [-0.1, -0.05) is 12.5 Å². The van der Waals surface area contributed by atoms with Gasteiger partial charge in [-0.3, -0.25) is 5.10 Å². The van der Waals surface area contributed by atoms with Gasteiger partial charge in [0.2, 0.25) is 0 Å². The zero-order valence-corrected chi connectivity index (χ0v) is 13.5. The molecule has 1 aliphatic rings. The second-order valence-electron chi connectivity index (χ2n) is 5.89. The fourth-order valence-corrected chi connectivity index (χ4v) is 3.71. The molecule has 2 N–H and O–H groups in total. The minimum Gasteiger partial charge on any atom is -0.309 e. The second-order valence-corrected chi connectivity index (χ2v) is 6.84. The lowest BCUT2D eigenvalue weighted by Gasteiger charge is -2.29. The van der Waals surface area contributed by atoms with E-state index in [1.165, 1.54) is 42.8 Å². The lowest BCUT2D eigenvalue weighted by molar-refractivity contribution is 0.209. The van der Waals surface area contributed by atoms with Gasteiger partial charge in [-0.15, -0.1) is 11.3 Å². The van der Waals surface area contributed by atoms with Crippen molar-refractivity contribution >= 4 is 11.3 Å². The monoisotopic (exact) mass is 304 g/mol. The molecule has 0 spiro atoms. The summed E-state index contributed by atoms with van der Waals surface area (Å²) in [5.74, 6) is 0. The molecule has 0 amide bonds. The Balaban J connectivity index is 1.52. The van der Waals surface area contributed by atoms with Gasteiger partial charge in [0.25, 0.3) is 0 Å². The van der Waals surface area contributed by atoms with Gasteiger partial charge in [0, 0.05) is 24.7 Å². The molecular formula is C16H24N4S. The van der Waals surface area contributed by atoms with Gasteiger partial charge in [-0.25, -0.2) is 0 Å². The molecule has 3 heterocycles. The number of aromatic amines is 1. The molecule has 2 aromatic heterocycles. The first-order valence-electron chi connectivity index (χ1n) is 7.85. The van der Waals surface area contributed by atoms with E-state index < -0.39 is 0 Å². The first-order valence-corrected chi connectivity index (χ1v) is 8.73. The van der Waals surface area contributed by atoms with E-state index in [4.69, 9.17) is 0 Å². The van der Waals surface area contributed by atoms with Gasteiger partial charge in [0.1, 0.15) is 0 Å². The zero-order chi connectivity index (χ0) is 14.5. The van der Waals surface area contributed by atoms with Gasteiger partial charge in [0.15, 0.2) is 0 Å². The molecule has 3 rings (SSSR count). The fraction of sp³-hybridized carbons (Fsp3) is 0.562. The molecule has 114 valence electrons. The number of nitrogens with zero attached hydrogens (tertiary/aromatic N) is 2. The minimum absolute atomic E-state index is 0.509. The molecule has 4 nitrogen and oxygen atoms in total. The summed E-state index contributed by atoms with van der Waals surface area (Å²) in [5, 5.41) is 13.1. The summed E-state index contributed by atoms with van der Waals surface area (Å²) in [6.07, 6.45) is 6.06. The van der Waals surface area contributed by atoms with E-state index in [0.717, 1.165) is 18.8 Å². The van der Waals surface area contributed by atoms with Gasteiger partial charge < -0.3 is 10.2 Å². The van der Waals surface area contributed by atoms with Crippen molar-refractivity contribution in [2.45, 2.75) is 38.8 Å². The number of nitrogens with one attached hydrogen (secondary N) is 2. The van der Waals surface area contributed by atoms with Crippen LogP contribution in [-0.2, 0) is 6.54 Å². The van der Waals surface area contributed by atoms with Crippen LogP contribution in [0.5, 0.6) is 0 Å². The quantitative estimate of drug-likeness (QED) is 0.862. The van der Waals surface area contributed by atoms with Gasteiger partial charge >= 0.3 is 0 Å². The summed E-state index contributed by atoms with van der Waals surface area (Å²) in [4.78, 5) is 3.84. The van der Waals surface area contributed by atoms with Crippen LogP contribution >= 0.6 is 11.3 Å². The smallest absolute Gasteiger partial charge is 0.0794 e. The molecule has 0 radical (unpaired) electrons. The number of piperidine rings is 1. The van der Waals surface area contributed by atoms with E-state index in [0.29, 0.717) is 6.04 Å². The Morgan fingerprint density at radius 3 is 3.00 bits per heavy atom. The topological polar surface area (TPSA) is 44.0 Å². The third-order valence-corrected chi connectivity index (χ3v) is 4.99. The Kier molecular flexibility index (Phi) is 5.06. The lowest BCUT2D eigenvalue weighted by Crippen LogP contribution is -2.41. The molecule has 0 aliphatic carbocycles. The van der Waals surface area contributed by atoms with Crippen LogP contribution in [-0.4, -0.2) is 40.8 Å². The third-order valence-electron chi connectivity index (χ3n) is 4.11. The van der Waals surface area contributed by atoms with Crippen molar-refractivity contribution in [1.29, 1.82) is 0 Å². The van der Waals surface area contributed by atoms with Crippen LogP contribution in [0.15, 0.2) is 23.7 Å². The van der Waals surface area contributed by atoms with Crippen LogP contribution in [0.4, 0.5) is 0 Å². The van der Waals surface area contributed by atoms with Crippen molar-refractivity contribution in [3.05, 3.63) is 29.3 Å². The first kappa shape index (κ1) is 14.8. The molecule has 1 aliphatic heterocycles. The summed E-state index contributed by atoms with van der Waals surface area (Å²) >= 11 is 1.75. The number of thiophene rings is 1. The molecule has 0 saturated carbocycles. The highest BCUT2D eigenvalue weighted by molar-refractivity contribution is 7.13. The summed E-state index contributed by atoms with van der Waals surface area (Å²) in [7, 11) is 0. The molecule has 1 fully saturated rings. The molecule has 0 aromatic carbocycles. The number of H-pyrrole nitrogens is 1. The van der Waals surface area contributed by atoms with Crippen LogP contribution < -0.4 is 5.32 Å². The Morgan fingerprint density at radius 1 is 1.38 bits per heavy atom. The summed E-state index contributed by atoms with van der Waals surface area (Å²) in [6.45, 7) is 6.82.